The molecule has 27 heavy (non-hydrogen) atoms. The summed E-state index contributed by atoms with van der Waals surface area (Å²) in [4.78, 5) is 55.6. The number of nitrogens with two attached hydrogens (primary N) is 1. The lowest BCUT2D eigenvalue weighted by Crippen LogP contribution is -2.64. The Morgan fingerprint density at radius 2 is 1.26 bits per heavy atom. The maximum atomic E-state index is 11.4. The van der Waals surface area contributed by atoms with Crippen LogP contribution in [0.15, 0.2) is 0 Å². The number of aliphatic carboxylic acids is 5. The summed E-state index contributed by atoms with van der Waals surface area (Å²) in [5.41, 5.74) is 9.53. The van der Waals surface area contributed by atoms with E-state index in [4.69, 9.17) is 21.1 Å². The zero-order valence-corrected chi connectivity index (χ0v) is 14.1. The third kappa shape index (κ3) is 9.45. The lowest BCUT2D eigenvalue weighted by molar-refractivity contribution is -0.160. The van der Waals surface area contributed by atoms with Gasteiger partial charge in [-0.1, -0.05) is 0 Å². The van der Waals surface area contributed by atoms with Crippen LogP contribution in [0.25, 0.3) is 0 Å². The first kappa shape index (κ1) is 24.2. The number of nitrogens with zero attached hydrogens (tertiary/aromatic N) is 1. The van der Waals surface area contributed by atoms with Crippen molar-refractivity contribution in [3.05, 3.63) is 0 Å². The van der Waals surface area contributed by atoms with Crippen LogP contribution in [0.3, 0.4) is 0 Å². The topological polar surface area (TPSA) is 240 Å². The van der Waals surface area contributed by atoms with Crippen LogP contribution < -0.4 is 16.6 Å². The van der Waals surface area contributed by atoms with Crippen LogP contribution >= 0.6 is 0 Å². The van der Waals surface area contributed by atoms with Gasteiger partial charge in [-0.25, -0.2) is 10.9 Å². The molecule has 0 unspecified atom stereocenters. The van der Waals surface area contributed by atoms with Crippen LogP contribution in [0, 0.1) is 0 Å². The highest BCUT2D eigenvalue weighted by Gasteiger charge is 2.35. The van der Waals surface area contributed by atoms with Crippen molar-refractivity contribution in [2.75, 3.05) is 6.54 Å². The van der Waals surface area contributed by atoms with Gasteiger partial charge in [-0.2, -0.15) is 5.12 Å². The molecule has 0 aliphatic heterocycles. The smallest absolute Gasteiger partial charge is 0.324 e. The van der Waals surface area contributed by atoms with Gasteiger partial charge < -0.3 is 31.3 Å². The highest BCUT2D eigenvalue weighted by Crippen LogP contribution is 2.07. The number of nitrogens with one attached hydrogen (secondary N) is 2. The first-order valence-electron chi connectivity index (χ1n) is 7.63. The van der Waals surface area contributed by atoms with E-state index < -0.39 is 60.8 Å². The summed E-state index contributed by atoms with van der Waals surface area (Å²) < 4.78 is 0. The lowest BCUT2D eigenvalue weighted by Gasteiger charge is -2.33. The Hall–Kier alpha value is -2.81. The minimum atomic E-state index is -1.93. The predicted molar refractivity (Wildman–Crippen MR) is 85.2 cm³/mol. The second kappa shape index (κ2) is 11.7. The maximum absolute atomic E-state index is 11.4. The van der Waals surface area contributed by atoms with E-state index in [1.807, 2.05) is 5.43 Å². The van der Waals surface area contributed by atoms with Crippen molar-refractivity contribution in [3.63, 3.8) is 0 Å². The first-order valence-corrected chi connectivity index (χ1v) is 7.63. The average molecular weight is 394 g/mol. The highest BCUT2D eigenvalue weighted by molar-refractivity contribution is 5.82. The number of carbonyl (C=O) groups is 5. The monoisotopic (exact) mass is 394 g/mol. The summed E-state index contributed by atoms with van der Waals surface area (Å²) in [5.74, 6) is -7.90. The Morgan fingerprint density at radius 3 is 1.63 bits per heavy atom. The van der Waals surface area contributed by atoms with Gasteiger partial charge in [-0.15, -0.1) is 0 Å². The molecule has 0 fully saturated rings. The van der Waals surface area contributed by atoms with E-state index in [9.17, 15) is 34.2 Å². The van der Waals surface area contributed by atoms with Gasteiger partial charge in [0.25, 0.3) is 0 Å². The van der Waals surface area contributed by atoms with Crippen LogP contribution in [-0.4, -0.2) is 85.2 Å². The van der Waals surface area contributed by atoms with E-state index in [1.165, 1.54) is 0 Å². The molecule has 0 aliphatic rings. The van der Waals surface area contributed by atoms with Crippen molar-refractivity contribution in [1.82, 2.24) is 16.0 Å². The van der Waals surface area contributed by atoms with Crippen molar-refractivity contribution in [2.24, 2.45) is 5.73 Å². The molecule has 0 rings (SSSR count). The van der Waals surface area contributed by atoms with Crippen molar-refractivity contribution in [1.29, 1.82) is 0 Å². The number of hydrazine groups is 2. The van der Waals surface area contributed by atoms with E-state index in [2.05, 4.69) is 5.43 Å². The van der Waals surface area contributed by atoms with E-state index in [0.717, 1.165) is 0 Å². The van der Waals surface area contributed by atoms with Gasteiger partial charge in [-0.05, 0) is 19.4 Å². The number of rotatable bonds is 15. The molecule has 0 aromatic carbocycles. The van der Waals surface area contributed by atoms with Crippen LogP contribution in [0.2, 0.25) is 0 Å². The molecular formula is C13H22N4O10. The summed E-state index contributed by atoms with van der Waals surface area (Å²) in [5, 5.41) is 45.6. The molecule has 0 amide bonds. The van der Waals surface area contributed by atoms with Gasteiger partial charge in [0.05, 0.1) is 12.8 Å². The zero-order valence-electron chi connectivity index (χ0n) is 14.1. The fourth-order valence-corrected chi connectivity index (χ4v) is 1.94. The molecule has 9 N–H and O–H groups in total. The fraction of sp³-hybridized carbons (Fsp3) is 0.615. The second-order valence-corrected chi connectivity index (χ2v) is 5.39. The van der Waals surface area contributed by atoms with Crippen molar-refractivity contribution in [2.45, 2.75) is 43.8 Å². The zero-order chi connectivity index (χ0) is 21.1. The lowest BCUT2D eigenvalue weighted by atomic mass is 10.1. The minimum Gasteiger partial charge on any atom is -0.481 e. The Morgan fingerprint density at radius 1 is 0.778 bits per heavy atom. The molecule has 0 bridgehead atoms. The van der Waals surface area contributed by atoms with Crippen LogP contribution in [0.5, 0.6) is 0 Å². The third-order valence-corrected chi connectivity index (χ3v) is 3.23. The average Bonchev–Trinajstić information content (AvgIpc) is 2.53. The van der Waals surface area contributed by atoms with Gasteiger partial charge in [0.15, 0.2) is 0 Å². The molecular weight excluding hydrogens is 372 g/mol. The fourth-order valence-electron chi connectivity index (χ4n) is 1.94. The largest absolute Gasteiger partial charge is 0.481 e. The van der Waals surface area contributed by atoms with Crippen LogP contribution in [-0.2, 0) is 24.0 Å². The van der Waals surface area contributed by atoms with Gasteiger partial charge >= 0.3 is 29.8 Å². The molecule has 0 saturated carbocycles. The Labute approximate surface area is 152 Å². The van der Waals surface area contributed by atoms with E-state index in [-0.39, 0.29) is 19.4 Å². The number of hydrogen-bond acceptors (Lipinski definition) is 9. The van der Waals surface area contributed by atoms with Crippen molar-refractivity contribution >= 4 is 29.8 Å². The Bertz CT molecular complexity index is 569. The molecule has 0 radical (unpaired) electrons. The number of carboxylic acid groups (broad SMARTS) is 5. The molecule has 0 aromatic rings. The summed E-state index contributed by atoms with van der Waals surface area (Å²) in [6.45, 7) is 0.118. The van der Waals surface area contributed by atoms with Gasteiger partial charge in [0.1, 0.15) is 18.1 Å². The summed E-state index contributed by atoms with van der Waals surface area (Å²) in [6.07, 6.45) is -1.88. The van der Waals surface area contributed by atoms with Crippen LogP contribution in [0.1, 0.15) is 25.7 Å². The molecule has 154 valence electrons. The molecule has 0 spiro atoms. The van der Waals surface area contributed by atoms with E-state index in [1.54, 1.807) is 0 Å². The summed E-state index contributed by atoms with van der Waals surface area (Å²) in [6, 6.07) is -5.22. The Kier molecular flexibility index (Phi) is 10.5. The first-order chi connectivity index (χ1) is 12.5. The number of hydrogen-bond donors (Lipinski definition) is 8. The van der Waals surface area contributed by atoms with Crippen molar-refractivity contribution in [3.8, 4) is 0 Å². The van der Waals surface area contributed by atoms with Gasteiger partial charge in [0, 0.05) is 0 Å². The molecule has 14 nitrogen and oxygen atoms in total. The minimum absolute atomic E-state index is 0.0832. The van der Waals surface area contributed by atoms with Crippen molar-refractivity contribution < 1.29 is 49.5 Å². The molecule has 0 aromatic heterocycles. The summed E-state index contributed by atoms with van der Waals surface area (Å²) in [7, 11) is 0. The van der Waals surface area contributed by atoms with Gasteiger partial charge in [-0.3, -0.25) is 24.0 Å². The predicted octanol–water partition coefficient (Wildman–Crippen LogP) is -2.65. The molecule has 0 heterocycles. The van der Waals surface area contributed by atoms with Gasteiger partial charge in [0.2, 0.25) is 0 Å². The quantitative estimate of drug-likeness (QED) is 0.132. The number of carboxylic acids is 5. The maximum Gasteiger partial charge on any atom is 0.324 e. The standard InChI is InChI=1S/C13H22N4O10/c14-3-1-2-6(11(22)23)15-17(8(13(26)27)5-10(20)21)16-7(12(24)25)4-9(18)19/h6-8,15-16H,1-5,14H2,(H,18,19)(H,20,21)(H,22,23)(H,24,25)(H,26,27)/t6-,7+,8+/m1/s1. The van der Waals surface area contributed by atoms with Crippen LogP contribution in [0.4, 0.5) is 0 Å². The Balaban J connectivity index is 5.70. The summed E-state index contributed by atoms with van der Waals surface area (Å²) >= 11 is 0. The second-order valence-electron chi connectivity index (χ2n) is 5.39. The molecule has 14 heteroatoms. The SMILES string of the molecule is NCCC[C@@H](NN(N[C@@H](CC(=O)O)C(=O)O)[C@@H](CC(=O)O)C(=O)O)C(=O)O. The third-order valence-electron chi connectivity index (χ3n) is 3.23. The molecule has 0 saturated heterocycles. The highest BCUT2D eigenvalue weighted by atomic mass is 16.4. The molecule has 3 atom stereocenters. The molecule has 0 aliphatic carbocycles. The van der Waals surface area contributed by atoms with E-state index in [0.29, 0.717) is 5.12 Å². The van der Waals surface area contributed by atoms with E-state index >= 15 is 0 Å². The normalized spacial score (nSPS) is 14.3.